The zero-order chi connectivity index (χ0) is 24.5. The fraction of sp³-hybridized carbons (Fsp3) is 0.500. The number of pyridine rings is 1. The lowest BCUT2D eigenvalue weighted by Gasteiger charge is -2.14. The van der Waals surface area contributed by atoms with Crippen molar-refractivity contribution < 1.29 is 14.6 Å². The van der Waals surface area contributed by atoms with E-state index in [1.807, 2.05) is 13.0 Å². The lowest BCUT2D eigenvalue weighted by molar-refractivity contribution is -0.122. The molecule has 0 spiro atoms. The average molecular weight is 505 g/mol. The highest BCUT2D eigenvalue weighted by Gasteiger charge is 2.32. The third kappa shape index (κ3) is 6.44. The number of hydrogen-bond acceptors (Lipinski definition) is 8. The smallest absolute Gasteiger partial charge is 0.267 e. The van der Waals surface area contributed by atoms with Crippen LogP contribution < -0.4 is 10.9 Å². The first-order valence-electron chi connectivity index (χ1n) is 11.7. The number of rotatable bonds is 13. The number of ether oxygens (including phenoxy) is 1. The molecule has 0 unspecified atom stereocenters. The molecule has 0 aromatic carbocycles. The van der Waals surface area contributed by atoms with Gasteiger partial charge in [-0.3, -0.25) is 18.9 Å². The molecular formula is C24H32N4O4S2. The van der Waals surface area contributed by atoms with E-state index in [-0.39, 0.29) is 24.7 Å². The molecule has 3 rings (SSSR count). The van der Waals surface area contributed by atoms with E-state index in [4.69, 9.17) is 22.1 Å². The number of aryl methyl sites for hydroxylation is 1. The third-order valence-corrected chi connectivity index (χ3v) is 6.87. The predicted octanol–water partition coefficient (Wildman–Crippen LogP) is 3.60. The van der Waals surface area contributed by atoms with E-state index in [1.165, 1.54) is 29.0 Å². The van der Waals surface area contributed by atoms with Gasteiger partial charge in [0.1, 0.15) is 15.8 Å². The van der Waals surface area contributed by atoms with Crippen molar-refractivity contribution in [2.24, 2.45) is 0 Å². The maximum Gasteiger partial charge on any atom is 0.267 e. The van der Waals surface area contributed by atoms with Gasteiger partial charge >= 0.3 is 0 Å². The number of aromatic nitrogens is 2. The van der Waals surface area contributed by atoms with Crippen molar-refractivity contribution in [1.82, 2.24) is 14.3 Å². The summed E-state index contributed by atoms with van der Waals surface area (Å²) in [6.45, 7) is 5.57. The van der Waals surface area contributed by atoms with E-state index in [9.17, 15) is 9.59 Å². The molecular weight excluding hydrogens is 472 g/mol. The Labute approximate surface area is 209 Å². The number of fused-ring (bicyclic) bond motifs is 1. The summed E-state index contributed by atoms with van der Waals surface area (Å²) in [5.41, 5.74) is 1.44. The summed E-state index contributed by atoms with van der Waals surface area (Å²) in [6, 6.07) is 3.68. The minimum absolute atomic E-state index is 0.0551. The van der Waals surface area contributed by atoms with E-state index in [1.54, 1.807) is 23.2 Å². The highest BCUT2D eigenvalue weighted by molar-refractivity contribution is 8.26. The average Bonchev–Trinajstić information content (AvgIpc) is 3.09. The lowest BCUT2D eigenvalue weighted by atomic mass is 10.1. The van der Waals surface area contributed by atoms with Crippen LogP contribution in [0, 0.1) is 6.92 Å². The Hall–Kier alpha value is -2.27. The molecule has 1 fully saturated rings. The van der Waals surface area contributed by atoms with Crippen LogP contribution in [0.15, 0.2) is 28.0 Å². The molecule has 1 amide bonds. The molecule has 2 aromatic heterocycles. The number of amides is 1. The first-order valence-corrected chi connectivity index (χ1v) is 12.9. The first kappa shape index (κ1) is 26.3. The van der Waals surface area contributed by atoms with Crippen molar-refractivity contribution in [3.63, 3.8) is 0 Å². The summed E-state index contributed by atoms with van der Waals surface area (Å²) < 4.78 is 7.31. The number of carbonyl (C=O) groups excluding carboxylic acids is 1. The first-order chi connectivity index (χ1) is 16.5. The van der Waals surface area contributed by atoms with Crippen molar-refractivity contribution in [2.45, 2.75) is 46.0 Å². The molecule has 34 heavy (non-hydrogen) atoms. The van der Waals surface area contributed by atoms with Crippen LogP contribution in [0.2, 0.25) is 0 Å². The van der Waals surface area contributed by atoms with Crippen molar-refractivity contribution >= 4 is 51.7 Å². The van der Waals surface area contributed by atoms with E-state index < -0.39 is 0 Å². The molecule has 0 atom stereocenters. The number of nitrogens with one attached hydrogen (secondary N) is 1. The summed E-state index contributed by atoms with van der Waals surface area (Å²) in [7, 11) is 0. The van der Waals surface area contributed by atoms with Gasteiger partial charge in [0.2, 0.25) is 0 Å². The molecule has 1 aliphatic heterocycles. The van der Waals surface area contributed by atoms with E-state index in [0.717, 1.165) is 24.8 Å². The van der Waals surface area contributed by atoms with Gasteiger partial charge in [-0.15, -0.1) is 0 Å². The number of unbranched alkanes of at least 4 members (excludes halogenated alkanes) is 4. The second-order valence-electron chi connectivity index (χ2n) is 8.07. The van der Waals surface area contributed by atoms with Crippen LogP contribution in [-0.2, 0) is 9.53 Å². The zero-order valence-corrected chi connectivity index (χ0v) is 21.3. The molecule has 3 heterocycles. The van der Waals surface area contributed by atoms with E-state index in [2.05, 4.69) is 17.2 Å². The summed E-state index contributed by atoms with van der Waals surface area (Å²) in [4.78, 5) is 33.2. The Balaban J connectivity index is 1.87. The lowest BCUT2D eigenvalue weighted by Crippen LogP contribution is -2.29. The molecule has 0 aliphatic carbocycles. The number of nitrogens with zero attached hydrogens (tertiary/aromatic N) is 3. The van der Waals surface area contributed by atoms with Crippen LogP contribution in [0.25, 0.3) is 11.7 Å². The number of carbonyl (C=O) groups is 1. The zero-order valence-electron chi connectivity index (χ0n) is 19.7. The Morgan fingerprint density at radius 1 is 1.24 bits per heavy atom. The van der Waals surface area contributed by atoms with E-state index >= 15 is 0 Å². The number of aliphatic hydroxyl groups is 1. The SMILES string of the molecule is CCCCCCCN1C(=O)C(=Cc2c(NCCOCCO)nc3c(C)cccn3c2=O)SC1=S. The summed E-state index contributed by atoms with van der Waals surface area (Å²) in [5.74, 6) is 0.216. The number of hydrogen-bond donors (Lipinski definition) is 2. The van der Waals surface area contributed by atoms with Crippen molar-refractivity contribution in [1.29, 1.82) is 0 Å². The van der Waals surface area contributed by atoms with Crippen molar-refractivity contribution in [3.05, 3.63) is 44.7 Å². The van der Waals surface area contributed by atoms with Gasteiger partial charge in [0, 0.05) is 19.3 Å². The number of aliphatic hydroxyl groups excluding tert-OH is 1. The molecule has 1 saturated heterocycles. The fourth-order valence-corrected chi connectivity index (χ4v) is 4.97. The number of thioether (sulfide) groups is 1. The highest BCUT2D eigenvalue weighted by atomic mass is 32.2. The topological polar surface area (TPSA) is 96.2 Å². The standard InChI is InChI=1S/C24H32N4O4S2/c1-3-4-5-6-7-11-28-23(31)19(34-24(28)33)16-18-20(25-10-14-32-15-13-29)26-21-17(2)9-8-12-27(21)22(18)30/h8-9,12,16,25,29H,3-7,10-11,13-15H2,1-2H3. The molecule has 2 aromatic rings. The molecule has 184 valence electrons. The van der Waals surface area contributed by atoms with E-state index in [0.29, 0.717) is 46.0 Å². The largest absolute Gasteiger partial charge is 0.394 e. The number of thiocarbonyl (C=S) groups is 1. The van der Waals surface area contributed by atoms with Gasteiger partial charge in [0.25, 0.3) is 11.5 Å². The van der Waals surface area contributed by atoms with Gasteiger partial charge in [0.05, 0.1) is 30.3 Å². The van der Waals surface area contributed by atoms with Gasteiger partial charge in [0.15, 0.2) is 0 Å². The Kier molecular flexibility index (Phi) is 10.1. The predicted molar refractivity (Wildman–Crippen MR) is 141 cm³/mol. The molecule has 0 saturated carbocycles. The van der Waals surface area contributed by atoms with Gasteiger partial charge < -0.3 is 15.2 Å². The normalized spacial score (nSPS) is 15.1. The highest BCUT2D eigenvalue weighted by Crippen LogP contribution is 2.33. The second-order valence-corrected chi connectivity index (χ2v) is 9.75. The van der Waals surface area contributed by atoms with Crippen LogP contribution in [0.4, 0.5) is 5.82 Å². The van der Waals surface area contributed by atoms with Gasteiger partial charge in [-0.2, -0.15) is 0 Å². The minimum Gasteiger partial charge on any atom is -0.394 e. The Morgan fingerprint density at radius 3 is 2.79 bits per heavy atom. The van der Waals surface area contributed by atoms with Crippen LogP contribution in [0.5, 0.6) is 0 Å². The monoisotopic (exact) mass is 504 g/mol. The third-order valence-electron chi connectivity index (χ3n) is 5.49. The van der Waals surface area contributed by atoms with Crippen molar-refractivity contribution in [3.8, 4) is 0 Å². The molecule has 0 bridgehead atoms. The van der Waals surface area contributed by atoms with Crippen LogP contribution in [-0.4, -0.2) is 62.5 Å². The van der Waals surface area contributed by atoms with Gasteiger partial charge in [-0.05, 0) is 31.1 Å². The minimum atomic E-state index is -0.266. The van der Waals surface area contributed by atoms with Crippen LogP contribution in [0.3, 0.4) is 0 Å². The molecule has 1 aliphatic rings. The number of anilines is 1. The van der Waals surface area contributed by atoms with Gasteiger partial charge in [-0.1, -0.05) is 62.7 Å². The summed E-state index contributed by atoms with van der Waals surface area (Å²) in [6.07, 6.45) is 8.74. The van der Waals surface area contributed by atoms with Gasteiger partial charge in [-0.25, -0.2) is 4.98 Å². The second kappa shape index (κ2) is 13.0. The molecule has 2 N–H and O–H groups in total. The molecule has 0 radical (unpaired) electrons. The van der Waals surface area contributed by atoms with Crippen LogP contribution >= 0.6 is 24.0 Å². The summed E-state index contributed by atoms with van der Waals surface area (Å²) in [5, 5.41) is 12.0. The fourth-order valence-electron chi connectivity index (χ4n) is 3.68. The maximum absolute atomic E-state index is 13.4. The maximum atomic E-state index is 13.4. The summed E-state index contributed by atoms with van der Waals surface area (Å²) >= 11 is 6.68. The molecule has 8 nitrogen and oxygen atoms in total. The quantitative estimate of drug-likeness (QED) is 0.243. The van der Waals surface area contributed by atoms with Crippen molar-refractivity contribution in [2.75, 3.05) is 38.2 Å². The Bertz CT molecular complexity index is 1120. The van der Waals surface area contributed by atoms with Crippen LogP contribution in [0.1, 0.15) is 50.2 Å². The Morgan fingerprint density at radius 2 is 2.03 bits per heavy atom. The molecule has 10 heteroatoms.